The van der Waals surface area contributed by atoms with Gasteiger partial charge in [0.2, 0.25) is 0 Å². The number of anilines is 2. The van der Waals surface area contributed by atoms with Crippen molar-refractivity contribution in [2.75, 3.05) is 18.2 Å². The van der Waals surface area contributed by atoms with Crippen molar-refractivity contribution >= 4 is 50.4 Å². The highest BCUT2D eigenvalue weighted by Crippen LogP contribution is 2.36. The van der Waals surface area contributed by atoms with Gasteiger partial charge in [-0.2, -0.15) is 0 Å². The van der Waals surface area contributed by atoms with E-state index < -0.39 is 0 Å². The van der Waals surface area contributed by atoms with Gasteiger partial charge < -0.3 is 15.8 Å². The molecule has 0 spiro atoms. The molecule has 1 amide bonds. The number of nitrogens with zero attached hydrogens (tertiary/aromatic N) is 1. The first-order chi connectivity index (χ1) is 11.9. The third-order valence-corrected chi connectivity index (χ3v) is 5.35. The molecule has 0 saturated heterocycles. The van der Waals surface area contributed by atoms with Crippen LogP contribution in [0.2, 0.25) is 5.02 Å². The Morgan fingerprint density at radius 1 is 1.36 bits per heavy atom. The summed E-state index contributed by atoms with van der Waals surface area (Å²) in [7, 11) is 1.62. The number of aromatic nitrogens is 1. The van der Waals surface area contributed by atoms with E-state index in [9.17, 15) is 4.79 Å². The van der Waals surface area contributed by atoms with Gasteiger partial charge in [-0.25, -0.2) is 4.98 Å². The summed E-state index contributed by atoms with van der Waals surface area (Å²) in [5.74, 6) is -0.276. The molecule has 0 unspecified atom stereocenters. The van der Waals surface area contributed by atoms with Crippen LogP contribution >= 0.6 is 22.9 Å². The Bertz CT molecular complexity index is 969. The number of rotatable bonds is 4. The fourth-order valence-corrected chi connectivity index (χ4v) is 3.90. The maximum atomic E-state index is 12.7. The minimum absolute atomic E-state index is 0.276. The van der Waals surface area contributed by atoms with Crippen molar-refractivity contribution in [3.63, 3.8) is 0 Å². The number of nitrogens with one attached hydrogen (secondary N) is 1. The van der Waals surface area contributed by atoms with Crippen LogP contribution in [0.5, 0.6) is 0 Å². The second-order valence-corrected chi connectivity index (χ2v) is 7.21. The number of fused-ring (bicyclic) bond motifs is 1. The number of carbonyl (C=O) groups is 1. The van der Waals surface area contributed by atoms with Gasteiger partial charge in [0.1, 0.15) is 9.71 Å². The fraction of sp³-hybridized carbons (Fsp3) is 0.222. The van der Waals surface area contributed by atoms with Gasteiger partial charge in [-0.05, 0) is 43.2 Å². The fourth-order valence-electron chi connectivity index (χ4n) is 2.63. The average molecular weight is 376 g/mol. The standard InChI is InChI=1S/C18H18ClN3O2S/c1-9-4-5-12(7-13(9)19)22-17(23)16-15(20)14-11(8-24-3)6-10(2)21-18(14)25-16/h4-7H,8,20H2,1-3H3,(H,22,23). The summed E-state index contributed by atoms with van der Waals surface area (Å²) in [5.41, 5.74) is 10.0. The molecule has 1 aromatic carbocycles. The van der Waals surface area contributed by atoms with Crippen molar-refractivity contribution in [3.05, 3.63) is 51.0 Å². The van der Waals surface area contributed by atoms with Crippen molar-refractivity contribution in [1.29, 1.82) is 0 Å². The highest BCUT2D eigenvalue weighted by molar-refractivity contribution is 7.21. The molecule has 0 aliphatic rings. The molecule has 7 heteroatoms. The van der Waals surface area contributed by atoms with Crippen LogP contribution in [-0.4, -0.2) is 18.0 Å². The first-order valence-electron chi connectivity index (χ1n) is 7.65. The van der Waals surface area contributed by atoms with Crippen molar-refractivity contribution in [3.8, 4) is 0 Å². The number of nitrogens with two attached hydrogens (primary N) is 1. The number of amides is 1. The van der Waals surface area contributed by atoms with E-state index in [0.29, 0.717) is 27.9 Å². The van der Waals surface area contributed by atoms with Gasteiger partial charge in [0.25, 0.3) is 5.91 Å². The Morgan fingerprint density at radius 3 is 2.80 bits per heavy atom. The van der Waals surface area contributed by atoms with Gasteiger partial charge in [0.15, 0.2) is 0 Å². The summed E-state index contributed by atoms with van der Waals surface area (Å²) in [6.07, 6.45) is 0. The Kier molecular flexibility index (Phi) is 4.94. The van der Waals surface area contributed by atoms with Crippen LogP contribution in [0.4, 0.5) is 11.4 Å². The topological polar surface area (TPSA) is 77.2 Å². The molecule has 2 heterocycles. The number of ether oxygens (including phenoxy) is 1. The monoisotopic (exact) mass is 375 g/mol. The lowest BCUT2D eigenvalue weighted by atomic mass is 10.1. The maximum absolute atomic E-state index is 12.7. The molecule has 3 rings (SSSR count). The van der Waals surface area contributed by atoms with Crippen LogP contribution in [0, 0.1) is 13.8 Å². The Balaban J connectivity index is 2.00. The predicted octanol–water partition coefficient (Wildman–Crippen LogP) is 4.55. The summed E-state index contributed by atoms with van der Waals surface area (Å²) in [6.45, 7) is 4.22. The number of benzene rings is 1. The van der Waals surface area contributed by atoms with Gasteiger partial charge in [-0.15, -0.1) is 11.3 Å². The number of methoxy groups -OCH3 is 1. The number of pyridine rings is 1. The number of nitrogen functional groups attached to an aromatic ring is 1. The summed E-state index contributed by atoms with van der Waals surface area (Å²) < 4.78 is 5.24. The van der Waals surface area contributed by atoms with Crippen LogP contribution in [-0.2, 0) is 11.3 Å². The molecule has 0 aliphatic carbocycles. The third-order valence-electron chi connectivity index (χ3n) is 3.84. The van der Waals surface area contributed by atoms with Crippen LogP contribution in [0.25, 0.3) is 10.2 Å². The van der Waals surface area contributed by atoms with E-state index in [1.54, 1.807) is 19.2 Å². The molecule has 5 nitrogen and oxygen atoms in total. The highest BCUT2D eigenvalue weighted by atomic mass is 35.5. The summed E-state index contributed by atoms with van der Waals surface area (Å²) in [4.78, 5) is 18.3. The predicted molar refractivity (Wildman–Crippen MR) is 104 cm³/mol. The second-order valence-electron chi connectivity index (χ2n) is 5.80. The minimum atomic E-state index is -0.276. The zero-order valence-corrected chi connectivity index (χ0v) is 15.7. The van der Waals surface area contributed by atoms with Crippen LogP contribution in [0.3, 0.4) is 0 Å². The molecule has 3 N–H and O–H groups in total. The molecule has 25 heavy (non-hydrogen) atoms. The van der Waals surface area contributed by atoms with Crippen LogP contribution in [0.1, 0.15) is 26.5 Å². The minimum Gasteiger partial charge on any atom is -0.397 e. The van der Waals surface area contributed by atoms with Gasteiger partial charge in [-0.3, -0.25) is 4.79 Å². The lowest BCUT2D eigenvalue weighted by Crippen LogP contribution is -2.12. The molecule has 130 valence electrons. The molecular formula is C18H18ClN3O2S. The van der Waals surface area contributed by atoms with E-state index >= 15 is 0 Å². The van der Waals surface area contributed by atoms with E-state index in [-0.39, 0.29) is 5.91 Å². The molecule has 2 aromatic heterocycles. The van der Waals surface area contributed by atoms with E-state index in [4.69, 9.17) is 22.1 Å². The summed E-state index contributed by atoms with van der Waals surface area (Å²) in [5, 5.41) is 4.22. The Hall–Kier alpha value is -2.15. The highest BCUT2D eigenvalue weighted by Gasteiger charge is 2.20. The molecular weight excluding hydrogens is 358 g/mol. The molecule has 0 fully saturated rings. The number of halogens is 1. The summed E-state index contributed by atoms with van der Waals surface area (Å²) >= 11 is 7.39. The zero-order valence-electron chi connectivity index (χ0n) is 14.1. The largest absolute Gasteiger partial charge is 0.397 e. The smallest absolute Gasteiger partial charge is 0.267 e. The summed E-state index contributed by atoms with van der Waals surface area (Å²) in [6, 6.07) is 7.31. The average Bonchev–Trinajstić information content (AvgIpc) is 2.88. The number of carbonyl (C=O) groups excluding carboxylic acids is 1. The number of thiophene rings is 1. The van der Waals surface area contributed by atoms with Crippen molar-refractivity contribution in [2.24, 2.45) is 0 Å². The number of hydrogen-bond acceptors (Lipinski definition) is 5. The molecule has 3 aromatic rings. The van der Waals surface area contributed by atoms with Crippen LogP contribution in [0.15, 0.2) is 24.3 Å². The number of hydrogen-bond donors (Lipinski definition) is 2. The lowest BCUT2D eigenvalue weighted by molar-refractivity contribution is 0.103. The first-order valence-corrected chi connectivity index (χ1v) is 8.85. The van der Waals surface area contributed by atoms with Crippen molar-refractivity contribution in [2.45, 2.75) is 20.5 Å². The molecule has 0 aliphatic heterocycles. The third kappa shape index (κ3) is 3.46. The number of aryl methyl sites for hydroxylation is 2. The van der Waals surface area contributed by atoms with Gasteiger partial charge >= 0.3 is 0 Å². The Labute approximate surface area is 154 Å². The molecule has 0 atom stereocenters. The second kappa shape index (κ2) is 7.00. The maximum Gasteiger partial charge on any atom is 0.267 e. The Morgan fingerprint density at radius 2 is 2.12 bits per heavy atom. The van der Waals surface area contributed by atoms with Crippen molar-refractivity contribution < 1.29 is 9.53 Å². The normalized spacial score (nSPS) is 11.0. The zero-order chi connectivity index (χ0) is 18.1. The quantitative estimate of drug-likeness (QED) is 0.701. The van der Waals surface area contributed by atoms with Gasteiger partial charge in [0, 0.05) is 28.9 Å². The van der Waals surface area contributed by atoms with Gasteiger partial charge in [-0.1, -0.05) is 17.7 Å². The van der Waals surface area contributed by atoms with E-state index in [0.717, 1.165) is 27.0 Å². The molecule has 0 saturated carbocycles. The van der Waals surface area contributed by atoms with Gasteiger partial charge in [0.05, 0.1) is 12.3 Å². The van der Waals surface area contributed by atoms with E-state index in [2.05, 4.69) is 10.3 Å². The molecule has 0 bridgehead atoms. The SMILES string of the molecule is COCc1cc(C)nc2sc(C(=O)Nc3ccc(C)c(Cl)c3)c(N)c12. The molecule has 0 radical (unpaired) electrons. The van der Waals surface area contributed by atoms with E-state index in [1.807, 2.05) is 26.0 Å². The van der Waals surface area contributed by atoms with Crippen LogP contribution < -0.4 is 11.1 Å². The lowest BCUT2D eigenvalue weighted by Gasteiger charge is -2.07. The first kappa shape index (κ1) is 17.7. The van der Waals surface area contributed by atoms with E-state index in [1.165, 1.54) is 11.3 Å². The van der Waals surface area contributed by atoms with Crippen molar-refractivity contribution in [1.82, 2.24) is 4.98 Å².